The van der Waals surface area contributed by atoms with Gasteiger partial charge in [-0.1, -0.05) is 17.7 Å². The summed E-state index contributed by atoms with van der Waals surface area (Å²) in [7, 11) is 0. The lowest BCUT2D eigenvalue weighted by Gasteiger charge is -2.37. The first-order valence-electron chi connectivity index (χ1n) is 8.63. The van der Waals surface area contributed by atoms with Gasteiger partial charge in [-0.05, 0) is 37.1 Å². The normalized spacial score (nSPS) is 18.3. The zero-order valence-electron chi connectivity index (χ0n) is 13.7. The van der Waals surface area contributed by atoms with Gasteiger partial charge in [-0.25, -0.2) is 4.98 Å². The van der Waals surface area contributed by atoms with Gasteiger partial charge in [0.1, 0.15) is 5.82 Å². The molecule has 0 saturated carbocycles. The predicted octanol–water partition coefficient (Wildman–Crippen LogP) is 3.06. The minimum atomic E-state index is 0.793. The average molecular weight is 344 g/mol. The highest BCUT2D eigenvalue weighted by Crippen LogP contribution is 2.23. The molecule has 0 unspecified atom stereocenters. The minimum Gasteiger partial charge on any atom is -0.368 e. The van der Waals surface area contributed by atoms with Crippen molar-refractivity contribution < 1.29 is 0 Å². The quantitative estimate of drug-likeness (QED) is 0.856. The van der Waals surface area contributed by atoms with Gasteiger partial charge >= 0.3 is 0 Å². The molecule has 1 aromatic carbocycles. The number of halogens is 1. The smallest absolute Gasteiger partial charge is 0.227 e. The van der Waals surface area contributed by atoms with E-state index < -0.39 is 0 Å². The van der Waals surface area contributed by atoms with Crippen LogP contribution in [0.4, 0.5) is 17.5 Å². The maximum atomic E-state index is 6.11. The van der Waals surface area contributed by atoms with Gasteiger partial charge in [-0.15, -0.1) is 0 Å². The van der Waals surface area contributed by atoms with E-state index in [0.717, 1.165) is 56.1 Å². The zero-order valence-corrected chi connectivity index (χ0v) is 14.5. The molecule has 0 spiro atoms. The molecular formula is C18H22ClN5. The Kier molecular flexibility index (Phi) is 4.43. The van der Waals surface area contributed by atoms with Crippen molar-refractivity contribution in [1.29, 1.82) is 0 Å². The van der Waals surface area contributed by atoms with Crippen molar-refractivity contribution in [2.45, 2.75) is 12.8 Å². The minimum absolute atomic E-state index is 0.793. The zero-order chi connectivity index (χ0) is 16.4. The molecule has 1 aromatic heterocycles. The van der Waals surface area contributed by atoms with Crippen LogP contribution in [0.25, 0.3) is 0 Å². The molecule has 6 heteroatoms. The van der Waals surface area contributed by atoms with Crippen molar-refractivity contribution in [3.8, 4) is 0 Å². The molecule has 2 saturated heterocycles. The maximum absolute atomic E-state index is 6.11. The molecule has 5 nitrogen and oxygen atoms in total. The molecule has 2 fully saturated rings. The van der Waals surface area contributed by atoms with Gasteiger partial charge in [0, 0.05) is 56.2 Å². The fourth-order valence-electron chi connectivity index (χ4n) is 3.45. The Balaban J connectivity index is 1.43. The van der Waals surface area contributed by atoms with Gasteiger partial charge < -0.3 is 14.7 Å². The van der Waals surface area contributed by atoms with Crippen molar-refractivity contribution >= 4 is 29.1 Å². The number of aromatic nitrogens is 2. The van der Waals surface area contributed by atoms with E-state index in [9.17, 15) is 0 Å². The fraction of sp³-hybridized carbons (Fsp3) is 0.444. The first-order valence-corrected chi connectivity index (χ1v) is 9.01. The summed E-state index contributed by atoms with van der Waals surface area (Å²) < 4.78 is 0. The predicted molar refractivity (Wildman–Crippen MR) is 99.4 cm³/mol. The van der Waals surface area contributed by atoms with Crippen LogP contribution < -0.4 is 14.7 Å². The Labute approximate surface area is 147 Å². The van der Waals surface area contributed by atoms with Crippen LogP contribution in [0, 0.1) is 0 Å². The van der Waals surface area contributed by atoms with Crippen LogP contribution in [0.1, 0.15) is 12.8 Å². The molecular weight excluding hydrogens is 322 g/mol. The molecule has 0 bridgehead atoms. The largest absolute Gasteiger partial charge is 0.368 e. The van der Waals surface area contributed by atoms with Gasteiger partial charge in [-0.3, -0.25) is 0 Å². The SMILES string of the molecule is Clc1cccc(N2CCN(c3ccnc(N4CCCC4)n3)CC2)c1. The molecule has 0 aliphatic carbocycles. The van der Waals surface area contributed by atoms with E-state index in [0.29, 0.717) is 0 Å². The molecule has 126 valence electrons. The van der Waals surface area contributed by atoms with E-state index >= 15 is 0 Å². The second-order valence-corrected chi connectivity index (χ2v) is 6.80. The standard InChI is InChI=1S/C18H22ClN5/c19-15-4-3-5-16(14-15)22-10-12-23(13-11-22)17-6-7-20-18(21-17)24-8-1-2-9-24/h3-7,14H,1-2,8-13H2. The number of rotatable bonds is 3. The van der Waals surface area contributed by atoms with Crippen LogP contribution in [0.3, 0.4) is 0 Å². The van der Waals surface area contributed by atoms with Gasteiger partial charge in [0.25, 0.3) is 0 Å². The number of nitrogens with zero attached hydrogens (tertiary/aromatic N) is 5. The summed E-state index contributed by atoms with van der Waals surface area (Å²) >= 11 is 6.11. The Bertz CT molecular complexity index is 693. The summed E-state index contributed by atoms with van der Waals surface area (Å²) in [5.74, 6) is 1.92. The maximum Gasteiger partial charge on any atom is 0.227 e. The van der Waals surface area contributed by atoms with Crippen LogP contribution in [0.5, 0.6) is 0 Å². The summed E-state index contributed by atoms with van der Waals surface area (Å²) in [5, 5.41) is 0.793. The Morgan fingerprint density at radius 1 is 0.833 bits per heavy atom. The summed E-state index contributed by atoms with van der Waals surface area (Å²) in [5.41, 5.74) is 1.20. The molecule has 0 amide bonds. The van der Waals surface area contributed by atoms with E-state index in [2.05, 4.69) is 25.8 Å². The van der Waals surface area contributed by atoms with Gasteiger partial charge in [-0.2, -0.15) is 4.98 Å². The first-order chi connectivity index (χ1) is 11.8. The summed E-state index contributed by atoms with van der Waals surface area (Å²) in [6.45, 7) is 6.02. The lowest BCUT2D eigenvalue weighted by molar-refractivity contribution is 0.646. The number of benzene rings is 1. The third kappa shape index (κ3) is 3.26. The van der Waals surface area contributed by atoms with Crippen LogP contribution >= 0.6 is 11.6 Å². The second-order valence-electron chi connectivity index (χ2n) is 6.36. The molecule has 0 N–H and O–H groups in total. The molecule has 2 aromatic rings. The number of hydrogen-bond acceptors (Lipinski definition) is 5. The highest BCUT2D eigenvalue weighted by atomic mass is 35.5. The number of anilines is 3. The summed E-state index contributed by atoms with van der Waals surface area (Å²) in [6.07, 6.45) is 4.37. The Morgan fingerprint density at radius 2 is 1.58 bits per heavy atom. The molecule has 24 heavy (non-hydrogen) atoms. The monoisotopic (exact) mass is 343 g/mol. The fourth-order valence-corrected chi connectivity index (χ4v) is 3.64. The van der Waals surface area contributed by atoms with Gasteiger partial charge in [0.05, 0.1) is 0 Å². The topological polar surface area (TPSA) is 35.5 Å². The molecule has 2 aliphatic rings. The summed E-state index contributed by atoms with van der Waals surface area (Å²) in [6, 6.07) is 10.1. The Morgan fingerprint density at radius 3 is 2.33 bits per heavy atom. The van der Waals surface area contributed by atoms with Crippen molar-refractivity contribution in [3.63, 3.8) is 0 Å². The van der Waals surface area contributed by atoms with Crippen LogP contribution in [-0.4, -0.2) is 49.2 Å². The van der Waals surface area contributed by atoms with E-state index in [4.69, 9.17) is 16.6 Å². The van der Waals surface area contributed by atoms with E-state index in [1.165, 1.54) is 18.5 Å². The first kappa shape index (κ1) is 15.5. The summed E-state index contributed by atoms with van der Waals surface area (Å²) in [4.78, 5) is 16.3. The van der Waals surface area contributed by atoms with Gasteiger partial charge in [0.15, 0.2) is 0 Å². The molecule has 4 rings (SSSR count). The third-order valence-electron chi connectivity index (χ3n) is 4.79. The molecule has 3 heterocycles. The van der Waals surface area contributed by atoms with Crippen LogP contribution in [-0.2, 0) is 0 Å². The number of hydrogen-bond donors (Lipinski definition) is 0. The molecule has 0 atom stereocenters. The van der Waals surface area contributed by atoms with Crippen LogP contribution in [0.15, 0.2) is 36.5 Å². The van der Waals surface area contributed by atoms with Crippen LogP contribution in [0.2, 0.25) is 5.02 Å². The molecule has 0 radical (unpaired) electrons. The lowest BCUT2D eigenvalue weighted by atomic mass is 10.2. The third-order valence-corrected chi connectivity index (χ3v) is 5.03. The van der Waals surface area contributed by atoms with E-state index in [-0.39, 0.29) is 0 Å². The van der Waals surface area contributed by atoms with Crippen molar-refractivity contribution in [1.82, 2.24) is 9.97 Å². The van der Waals surface area contributed by atoms with E-state index in [1.807, 2.05) is 30.5 Å². The van der Waals surface area contributed by atoms with Crippen molar-refractivity contribution in [2.75, 3.05) is 54.0 Å². The molecule has 2 aliphatic heterocycles. The highest BCUT2D eigenvalue weighted by Gasteiger charge is 2.20. The Hall–Kier alpha value is -2.01. The average Bonchev–Trinajstić information content (AvgIpc) is 3.17. The number of piperazine rings is 1. The van der Waals surface area contributed by atoms with E-state index in [1.54, 1.807) is 0 Å². The lowest BCUT2D eigenvalue weighted by Crippen LogP contribution is -2.47. The van der Waals surface area contributed by atoms with Crippen molar-refractivity contribution in [3.05, 3.63) is 41.6 Å². The van der Waals surface area contributed by atoms with Crippen molar-refractivity contribution in [2.24, 2.45) is 0 Å². The second kappa shape index (κ2) is 6.85. The highest BCUT2D eigenvalue weighted by molar-refractivity contribution is 6.30. The van der Waals surface area contributed by atoms with Gasteiger partial charge in [0.2, 0.25) is 5.95 Å².